The third-order valence-electron chi connectivity index (χ3n) is 11.1. The number of carboxylic acid groups (broad SMARTS) is 1. The maximum atomic E-state index is 12.7. The SMILES string of the molecule is CC[C@H](NC)C(=O)N1C(COOC)CCC[C@H]1C(=O)OC.CC[C@H](NC)C(=O)N1[C@@H](CO)CCC[C@H]1C(=O)OC.CC[C@H](NC)C(=O)O.COOCC1CCCC(C(=O)OC)N1. The zero-order valence-electron chi connectivity index (χ0n) is 38.9. The molecule has 62 heavy (non-hydrogen) atoms. The molecule has 3 fully saturated rings. The van der Waals surface area contributed by atoms with E-state index in [0.717, 1.165) is 44.9 Å². The zero-order chi connectivity index (χ0) is 47.2. The number of piperidine rings is 3. The number of aliphatic hydroxyl groups is 1. The number of likely N-dealkylation sites (N-methyl/N-ethyl adjacent to an activating group) is 3. The van der Waals surface area contributed by atoms with Crippen molar-refractivity contribution in [3.8, 4) is 0 Å². The van der Waals surface area contributed by atoms with Crippen LogP contribution in [0.25, 0.3) is 0 Å². The second-order valence-corrected chi connectivity index (χ2v) is 14.8. The van der Waals surface area contributed by atoms with Crippen LogP contribution in [0.2, 0.25) is 0 Å². The number of methoxy groups -OCH3 is 3. The summed E-state index contributed by atoms with van der Waals surface area (Å²) >= 11 is 0. The highest BCUT2D eigenvalue weighted by atomic mass is 17.2. The minimum Gasteiger partial charge on any atom is -0.480 e. The number of rotatable bonds is 19. The molecule has 0 saturated carbocycles. The zero-order valence-corrected chi connectivity index (χ0v) is 38.9. The number of carbonyl (C=O) groups excluding carboxylic acids is 5. The number of nitrogens with zero attached hydrogens (tertiary/aromatic N) is 2. The number of aliphatic carboxylic acids is 1. The van der Waals surface area contributed by atoms with Crippen molar-refractivity contribution in [1.82, 2.24) is 31.1 Å². The van der Waals surface area contributed by atoms with Gasteiger partial charge in [0.2, 0.25) is 11.8 Å². The summed E-state index contributed by atoms with van der Waals surface area (Å²) in [5.74, 6) is -2.00. The molecule has 3 rings (SSSR count). The first-order valence-corrected chi connectivity index (χ1v) is 21.5. The predicted octanol–water partition coefficient (Wildman–Crippen LogP) is 0.702. The molecule has 3 aliphatic rings. The summed E-state index contributed by atoms with van der Waals surface area (Å²) in [4.78, 5) is 92.5. The van der Waals surface area contributed by atoms with E-state index in [4.69, 9.17) is 24.4 Å². The van der Waals surface area contributed by atoms with Crippen LogP contribution >= 0.6 is 0 Å². The molecule has 3 unspecified atom stereocenters. The summed E-state index contributed by atoms with van der Waals surface area (Å²) in [6, 6.07) is -2.66. The summed E-state index contributed by atoms with van der Waals surface area (Å²) in [6.45, 7) is 6.25. The van der Waals surface area contributed by atoms with Crippen LogP contribution in [-0.4, -0.2) is 187 Å². The normalized spacial score (nSPS) is 23.5. The lowest BCUT2D eigenvalue weighted by Crippen LogP contribution is -2.59. The molecule has 0 aromatic carbocycles. The highest BCUT2D eigenvalue weighted by Crippen LogP contribution is 2.27. The Morgan fingerprint density at radius 2 is 1.02 bits per heavy atom. The lowest BCUT2D eigenvalue weighted by molar-refractivity contribution is -0.281. The van der Waals surface area contributed by atoms with Gasteiger partial charge >= 0.3 is 23.9 Å². The van der Waals surface area contributed by atoms with Crippen molar-refractivity contribution < 1.29 is 72.7 Å². The quantitative estimate of drug-likeness (QED) is 0.0451. The van der Waals surface area contributed by atoms with Gasteiger partial charge in [0.25, 0.3) is 0 Å². The van der Waals surface area contributed by atoms with E-state index in [0.29, 0.717) is 38.7 Å². The van der Waals surface area contributed by atoms with Crippen LogP contribution in [0.4, 0.5) is 0 Å². The number of ether oxygens (including phenoxy) is 3. The smallest absolute Gasteiger partial charge is 0.328 e. The summed E-state index contributed by atoms with van der Waals surface area (Å²) in [5.41, 5.74) is 0. The standard InChI is InChI=1S/C14H26N2O5.C13H24N2O4.C9H17NO4.C5H11NO2/c1-5-11(15-2)13(17)16-10(9-21-20-4)7-6-8-12(16)14(18)19-3;1-4-10(14-2)12(17)15-9(8-16)6-5-7-11(15)13(18)19-3;1-12-9(11)8-5-3-4-7(10-8)6-14-13-2;1-3-4(6-2)5(7)8/h10-12,15H,5-9H2,1-4H3;9-11,14,16H,4-8H2,1-3H3;7-8,10H,3-6H2,1-2H3;4,6H,3H2,1-2H3,(H,7,8)/t10?,11-,12-;9-,10+,11+;;4-/m01.0/s1. The van der Waals surface area contributed by atoms with Crippen LogP contribution in [0.15, 0.2) is 0 Å². The molecule has 3 saturated heterocycles. The van der Waals surface area contributed by atoms with Crippen LogP contribution in [0.3, 0.4) is 0 Å². The summed E-state index contributed by atoms with van der Waals surface area (Å²) in [7, 11) is 12.1. The third-order valence-corrected chi connectivity index (χ3v) is 11.1. The number of nitrogens with one attached hydrogen (secondary N) is 4. The highest BCUT2D eigenvalue weighted by Gasteiger charge is 2.42. The van der Waals surface area contributed by atoms with Gasteiger partial charge in [-0.1, -0.05) is 20.8 Å². The van der Waals surface area contributed by atoms with Gasteiger partial charge < -0.3 is 50.2 Å². The van der Waals surface area contributed by atoms with Gasteiger partial charge in [0, 0.05) is 6.04 Å². The molecule has 6 N–H and O–H groups in total. The average molecular weight is 895 g/mol. The van der Waals surface area contributed by atoms with Gasteiger partial charge in [0.15, 0.2) is 0 Å². The van der Waals surface area contributed by atoms with E-state index in [2.05, 4.69) is 35.8 Å². The van der Waals surface area contributed by atoms with E-state index in [1.165, 1.54) is 40.4 Å². The number of amides is 2. The van der Waals surface area contributed by atoms with E-state index < -0.39 is 24.0 Å². The van der Waals surface area contributed by atoms with Crippen LogP contribution in [-0.2, 0) is 62.5 Å². The Bertz CT molecular complexity index is 1290. The summed E-state index contributed by atoms with van der Waals surface area (Å²) in [6.07, 6.45) is 9.11. The van der Waals surface area contributed by atoms with E-state index in [1.807, 2.05) is 20.8 Å². The van der Waals surface area contributed by atoms with Crippen molar-refractivity contribution in [2.75, 3.05) is 76.5 Å². The Kier molecular flexibility index (Phi) is 32.0. The Labute approximate surface area is 367 Å². The molecule has 0 bridgehead atoms. The first-order valence-electron chi connectivity index (χ1n) is 21.5. The third kappa shape index (κ3) is 19.5. The largest absolute Gasteiger partial charge is 0.480 e. The summed E-state index contributed by atoms with van der Waals surface area (Å²) in [5, 5.41) is 29.5. The monoisotopic (exact) mass is 895 g/mol. The number of carbonyl (C=O) groups is 6. The van der Waals surface area contributed by atoms with Crippen molar-refractivity contribution in [3.05, 3.63) is 0 Å². The Hall–Kier alpha value is -3.54. The van der Waals surface area contributed by atoms with Gasteiger partial charge in [0.1, 0.15) is 30.8 Å². The fraction of sp³-hybridized carbons (Fsp3) is 0.854. The number of carboxylic acids is 1. The lowest BCUT2D eigenvalue weighted by Gasteiger charge is -2.41. The van der Waals surface area contributed by atoms with Gasteiger partial charge in [-0.2, -0.15) is 0 Å². The molecule has 0 aromatic heterocycles. The van der Waals surface area contributed by atoms with Gasteiger partial charge in [-0.3, -0.25) is 24.5 Å². The molecule has 362 valence electrons. The Morgan fingerprint density at radius 1 is 0.597 bits per heavy atom. The first-order chi connectivity index (χ1) is 29.7. The van der Waals surface area contributed by atoms with Gasteiger partial charge in [-0.05, 0) is 98.2 Å². The van der Waals surface area contributed by atoms with E-state index in [9.17, 15) is 33.9 Å². The van der Waals surface area contributed by atoms with Crippen molar-refractivity contribution in [1.29, 1.82) is 0 Å². The first kappa shape index (κ1) is 58.5. The van der Waals surface area contributed by atoms with E-state index in [-0.39, 0.29) is 79.3 Å². The van der Waals surface area contributed by atoms with Crippen molar-refractivity contribution in [2.45, 2.75) is 152 Å². The molecule has 0 aliphatic carbocycles. The molecule has 3 heterocycles. The molecule has 0 spiro atoms. The molecule has 0 radical (unpaired) electrons. The molecular weight excluding hydrogens is 816 g/mol. The summed E-state index contributed by atoms with van der Waals surface area (Å²) < 4.78 is 14.3. The van der Waals surface area contributed by atoms with E-state index in [1.54, 1.807) is 26.0 Å². The fourth-order valence-electron chi connectivity index (χ4n) is 7.55. The molecule has 3 aliphatic heterocycles. The van der Waals surface area contributed by atoms with Crippen molar-refractivity contribution in [2.24, 2.45) is 0 Å². The van der Waals surface area contributed by atoms with Crippen LogP contribution in [0.1, 0.15) is 97.8 Å². The molecule has 2 amide bonds. The Balaban J connectivity index is 0.000000839. The van der Waals surface area contributed by atoms with E-state index >= 15 is 0 Å². The van der Waals surface area contributed by atoms with Crippen LogP contribution in [0, 0.1) is 0 Å². The molecule has 0 aromatic rings. The minimum absolute atomic E-state index is 0.0974. The van der Waals surface area contributed by atoms with Crippen molar-refractivity contribution >= 4 is 35.7 Å². The maximum Gasteiger partial charge on any atom is 0.328 e. The fourth-order valence-corrected chi connectivity index (χ4v) is 7.55. The minimum atomic E-state index is -0.782. The second-order valence-electron chi connectivity index (χ2n) is 14.8. The number of likely N-dealkylation sites (tertiary alicyclic amines) is 2. The maximum absolute atomic E-state index is 12.7. The van der Waals surface area contributed by atoms with Crippen molar-refractivity contribution in [3.63, 3.8) is 0 Å². The average Bonchev–Trinajstić information content (AvgIpc) is 3.30. The predicted molar refractivity (Wildman–Crippen MR) is 227 cm³/mol. The van der Waals surface area contributed by atoms with Crippen LogP contribution in [0.5, 0.6) is 0 Å². The number of aliphatic hydroxyl groups excluding tert-OH is 1. The van der Waals surface area contributed by atoms with Gasteiger partial charge in [-0.15, -0.1) is 0 Å². The topological polar surface area (TPSA) is 262 Å². The molecular formula is C41H78N6O15. The molecule has 21 heteroatoms. The molecule has 21 nitrogen and oxygen atoms in total. The van der Waals surface area contributed by atoms with Gasteiger partial charge in [-0.25, -0.2) is 29.1 Å². The Morgan fingerprint density at radius 3 is 1.39 bits per heavy atom. The number of hydrogen-bond donors (Lipinski definition) is 6. The molecule has 9 atom stereocenters. The highest BCUT2D eigenvalue weighted by molar-refractivity contribution is 5.89. The van der Waals surface area contributed by atoms with Gasteiger partial charge in [0.05, 0.1) is 72.9 Å². The second kappa shape index (κ2) is 33.9. The lowest BCUT2D eigenvalue weighted by atomic mass is 9.94. The number of hydrogen-bond acceptors (Lipinski definition) is 18. The van der Waals surface area contributed by atoms with Crippen LogP contribution < -0.4 is 21.3 Å². The number of esters is 3.